The van der Waals surface area contributed by atoms with Gasteiger partial charge in [-0.25, -0.2) is 5.48 Å². The quantitative estimate of drug-likeness (QED) is 0.427. The van der Waals surface area contributed by atoms with Gasteiger partial charge in [-0.2, -0.15) is 0 Å². The molecule has 2 aromatic rings. The maximum Gasteiger partial charge on any atom is 0.247 e. The van der Waals surface area contributed by atoms with Crippen molar-refractivity contribution in [1.29, 1.82) is 0 Å². The molecular weight excluding hydrogens is 340 g/mol. The van der Waals surface area contributed by atoms with E-state index in [0.29, 0.717) is 0 Å². The van der Waals surface area contributed by atoms with E-state index in [-0.39, 0.29) is 12.3 Å². The number of anilines is 1. The number of rotatable bonds is 8. The van der Waals surface area contributed by atoms with Crippen molar-refractivity contribution in [3.8, 4) is 0 Å². The second kappa shape index (κ2) is 10.1. The highest BCUT2D eigenvalue weighted by molar-refractivity contribution is 5.77. The molecular formula is C22H28N2O3. The lowest BCUT2D eigenvalue weighted by atomic mass is 10.0. The zero-order chi connectivity index (χ0) is 18.9. The third kappa shape index (κ3) is 6.08. The second-order valence-corrected chi connectivity index (χ2v) is 7.00. The Morgan fingerprint density at radius 1 is 0.889 bits per heavy atom. The number of ether oxygens (including phenoxy) is 1. The fourth-order valence-electron chi connectivity index (χ4n) is 3.40. The molecule has 0 bridgehead atoms. The third-order valence-corrected chi connectivity index (χ3v) is 5.01. The molecule has 1 aliphatic rings. The van der Waals surface area contributed by atoms with E-state index in [1.807, 2.05) is 12.1 Å². The van der Waals surface area contributed by atoms with Crippen molar-refractivity contribution in [3.63, 3.8) is 0 Å². The van der Waals surface area contributed by atoms with E-state index in [2.05, 4.69) is 41.3 Å². The third-order valence-electron chi connectivity index (χ3n) is 5.01. The van der Waals surface area contributed by atoms with Crippen LogP contribution < -0.4 is 10.4 Å². The van der Waals surface area contributed by atoms with Gasteiger partial charge in [0.25, 0.3) is 0 Å². The Kier molecular flexibility index (Phi) is 7.25. The first-order valence-electron chi connectivity index (χ1n) is 9.67. The molecule has 0 aromatic heterocycles. The molecule has 3 rings (SSSR count). The molecule has 144 valence electrons. The number of nitrogens with zero attached hydrogens (tertiary/aromatic N) is 1. The van der Waals surface area contributed by atoms with Crippen LogP contribution in [0.5, 0.6) is 0 Å². The van der Waals surface area contributed by atoms with Gasteiger partial charge in [-0.15, -0.1) is 0 Å². The Hall–Kier alpha value is -2.37. The molecule has 1 fully saturated rings. The highest BCUT2D eigenvalue weighted by Crippen LogP contribution is 2.18. The van der Waals surface area contributed by atoms with Crippen LogP contribution in [0.2, 0.25) is 0 Å². The van der Waals surface area contributed by atoms with Gasteiger partial charge in [-0.1, -0.05) is 36.4 Å². The first-order chi connectivity index (χ1) is 13.2. The topological polar surface area (TPSA) is 61.8 Å². The lowest BCUT2D eigenvalue weighted by Gasteiger charge is -2.28. The zero-order valence-electron chi connectivity index (χ0n) is 15.7. The minimum atomic E-state index is -0.387. The summed E-state index contributed by atoms with van der Waals surface area (Å²) in [7, 11) is 0. The van der Waals surface area contributed by atoms with Gasteiger partial charge >= 0.3 is 0 Å². The van der Waals surface area contributed by atoms with Gasteiger partial charge in [-0.05, 0) is 54.5 Å². The molecule has 2 aromatic carbocycles. The van der Waals surface area contributed by atoms with E-state index in [0.717, 1.165) is 57.6 Å². The van der Waals surface area contributed by atoms with E-state index in [4.69, 9.17) is 9.94 Å². The van der Waals surface area contributed by atoms with Crippen LogP contribution >= 0.6 is 0 Å². The van der Waals surface area contributed by atoms with Gasteiger partial charge in [0, 0.05) is 18.8 Å². The minimum Gasteiger partial charge on any atom is -0.378 e. The standard InChI is InChI=1S/C22H28N2O3/c25-22(23-26)17-20-7-5-18(6-8-20)3-1-2-4-19-9-11-21(12-10-19)24-13-15-27-16-14-24/h5-12,26H,1-4,13-17H2,(H,23,25). The summed E-state index contributed by atoms with van der Waals surface area (Å²) in [5, 5.41) is 8.56. The molecule has 1 saturated heterocycles. The SMILES string of the molecule is O=C(Cc1ccc(CCCCc2ccc(N3CCOCC3)cc2)cc1)NO. The maximum absolute atomic E-state index is 11.2. The summed E-state index contributed by atoms with van der Waals surface area (Å²) in [5.41, 5.74) is 6.53. The zero-order valence-corrected chi connectivity index (χ0v) is 15.7. The molecule has 0 unspecified atom stereocenters. The molecule has 0 spiro atoms. The number of aryl methyl sites for hydroxylation is 2. The number of carbonyl (C=O) groups excluding carboxylic acids is 1. The maximum atomic E-state index is 11.2. The first kappa shape index (κ1) is 19.4. The lowest BCUT2D eigenvalue weighted by molar-refractivity contribution is -0.128. The predicted molar refractivity (Wildman–Crippen MR) is 106 cm³/mol. The van der Waals surface area contributed by atoms with Gasteiger partial charge in [0.15, 0.2) is 0 Å². The van der Waals surface area contributed by atoms with Crippen LogP contribution in [-0.2, 0) is 28.8 Å². The molecule has 0 radical (unpaired) electrons. The molecule has 0 aliphatic carbocycles. The van der Waals surface area contributed by atoms with E-state index < -0.39 is 0 Å². The summed E-state index contributed by atoms with van der Waals surface area (Å²) in [5.74, 6) is -0.387. The largest absolute Gasteiger partial charge is 0.378 e. The highest BCUT2D eigenvalue weighted by Gasteiger charge is 2.10. The van der Waals surface area contributed by atoms with Crippen molar-refractivity contribution in [2.24, 2.45) is 0 Å². The Bertz CT molecular complexity index is 707. The molecule has 2 N–H and O–H groups in total. The van der Waals surface area contributed by atoms with Crippen LogP contribution in [0.15, 0.2) is 48.5 Å². The Morgan fingerprint density at radius 2 is 1.41 bits per heavy atom. The molecule has 0 saturated carbocycles. The van der Waals surface area contributed by atoms with Crippen molar-refractivity contribution in [3.05, 3.63) is 65.2 Å². The number of benzene rings is 2. The minimum absolute atomic E-state index is 0.206. The number of hydrogen-bond donors (Lipinski definition) is 2. The van der Waals surface area contributed by atoms with Crippen molar-refractivity contribution < 1.29 is 14.7 Å². The van der Waals surface area contributed by atoms with Crippen LogP contribution in [0.4, 0.5) is 5.69 Å². The van der Waals surface area contributed by atoms with Crippen molar-refractivity contribution >= 4 is 11.6 Å². The van der Waals surface area contributed by atoms with Crippen LogP contribution in [0, 0.1) is 0 Å². The van der Waals surface area contributed by atoms with Gasteiger partial charge in [0.1, 0.15) is 0 Å². The fraction of sp³-hybridized carbons (Fsp3) is 0.409. The number of hydrogen-bond acceptors (Lipinski definition) is 4. The van der Waals surface area contributed by atoms with Gasteiger partial charge in [0.05, 0.1) is 19.6 Å². The van der Waals surface area contributed by atoms with Crippen LogP contribution in [0.1, 0.15) is 29.5 Å². The van der Waals surface area contributed by atoms with Gasteiger partial charge < -0.3 is 9.64 Å². The summed E-state index contributed by atoms with van der Waals surface area (Å²) >= 11 is 0. The summed E-state index contributed by atoms with van der Waals surface area (Å²) < 4.78 is 5.41. The Balaban J connectivity index is 1.39. The lowest BCUT2D eigenvalue weighted by Crippen LogP contribution is -2.36. The molecule has 5 heteroatoms. The first-order valence-corrected chi connectivity index (χ1v) is 9.67. The number of carbonyl (C=O) groups is 1. The van der Waals surface area contributed by atoms with E-state index in [1.165, 1.54) is 16.8 Å². The Morgan fingerprint density at radius 3 is 1.96 bits per heavy atom. The summed E-state index contributed by atoms with van der Waals surface area (Å²) in [4.78, 5) is 13.5. The summed E-state index contributed by atoms with van der Waals surface area (Å²) in [6.45, 7) is 3.58. The van der Waals surface area contributed by atoms with E-state index >= 15 is 0 Å². The smallest absolute Gasteiger partial charge is 0.247 e. The highest BCUT2D eigenvalue weighted by atomic mass is 16.5. The fourth-order valence-corrected chi connectivity index (χ4v) is 3.40. The van der Waals surface area contributed by atoms with Crippen molar-refractivity contribution in [2.75, 3.05) is 31.2 Å². The molecule has 27 heavy (non-hydrogen) atoms. The molecule has 5 nitrogen and oxygen atoms in total. The number of morpholine rings is 1. The van der Waals surface area contributed by atoms with Crippen LogP contribution in [0.25, 0.3) is 0 Å². The summed E-state index contributed by atoms with van der Waals surface area (Å²) in [6.07, 6.45) is 4.64. The molecule has 1 heterocycles. The number of hydroxylamine groups is 1. The van der Waals surface area contributed by atoms with Gasteiger partial charge in [-0.3, -0.25) is 10.0 Å². The van der Waals surface area contributed by atoms with E-state index in [1.54, 1.807) is 5.48 Å². The average molecular weight is 368 g/mol. The van der Waals surface area contributed by atoms with Crippen molar-refractivity contribution in [2.45, 2.75) is 32.1 Å². The number of amides is 1. The van der Waals surface area contributed by atoms with Crippen LogP contribution in [0.3, 0.4) is 0 Å². The molecule has 0 atom stereocenters. The monoisotopic (exact) mass is 368 g/mol. The second-order valence-electron chi connectivity index (χ2n) is 7.00. The number of unbranched alkanes of at least 4 members (excludes halogenated alkanes) is 1. The Labute approximate surface area is 160 Å². The van der Waals surface area contributed by atoms with Crippen molar-refractivity contribution in [1.82, 2.24) is 5.48 Å². The summed E-state index contributed by atoms with van der Waals surface area (Å²) in [6, 6.07) is 17.0. The molecule has 1 amide bonds. The predicted octanol–water partition coefficient (Wildman–Crippen LogP) is 3.14. The van der Waals surface area contributed by atoms with Gasteiger partial charge in [0.2, 0.25) is 5.91 Å². The number of nitrogens with one attached hydrogen (secondary N) is 1. The molecule has 1 aliphatic heterocycles. The van der Waals surface area contributed by atoms with Crippen LogP contribution in [-0.4, -0.2) is 37.4 Å². The normalized spacial score (nSPS) is 14.2. The van der Waals surface area contributed by atoms with E-state index in [9.17, 15) is 4.79 Å². The average Bonchev–Trinajstić information content (AvgIpc) is 2.73.